The lowest BCUT2D eigenvalue weighted by atomic mass is 10.4. The van der Waals surface area contributed by atoms with Gasteiger partial charge < -0.3 is 5.32 Å². The van der Waals surface area contributed by atoms with E-state index in [1.54, 1.807) is 12.1 Å². The van der Waals surface area contributed by atoms with Crippen molar-refractivity contribution in [1.29, 1.82) is 0 Å². The van der Waals surface area contributed by atoms with Crippen molar-refractivity contribution in [2.75, 3.05) is 18.4 Å². The maximum atomic E-state index is 12.2. The normalized spacial score (nSPS) is 11.6. The third-order valence-corrected chi connectivity index (χ3v) is 5.49. The summed E-state index contributed by atoms with van der Waals surface area (Å²) < 4.78 is 26.9. The summed E-state index contributed by atoms with van der Waals surface area (Å²) in [5.41, 5.74) is 0.859. The molecule has 21 heavy (non-hydrogen) atoms. The number of nitrogens with one attached hydrogen (secondary N) is 2. The number of aryl methyl sites for hydroxylation is 3. The topological polar surface area (TPSA) is 84.0 Å². The molecule has 0 bridgehead atoms. The largest absolute Gasteiger partial charge is 0.369 e. The first kappa shape index (κ1) is 15.9. The van der Waals surface area contributed by atoms with Gasteiger partial charge in [0, 0.05) is 34.6 Å². The Morgan fingerprint density at radius 3 is 2.52 bits per heavy atom. The summed E-state index contributed by atoms with van der Waals surface area (Å²) in [6, 6.07) is 3.50. The number of aromatic nitrogens is 2. The van der Waals surface area contributed by atoms with Gasteiger partial charge in [-0.3, -0.25) is 0 Å². The highest BCUT2D eigenvalue weighted by Gasteiger charge is 2.18. The van der Waals surface area contributed by atoms with Gasteiger partial charge in [0.25, 0.3) is 0 Å². The van der Waals surface area contributed by atoms with E-state index in [9.17, 15) is 8.42 Å². The number of hydrogen-bond donors (Lipinski definition) is 2. The fourth-order valence-corrected chi connectivity index (χ4v) is 4.46. The van der Waals surface area contributed by atoms with E-state index < -0.39 is 10.0 Å². The molecule has 2 aromatic heterocycles. The van der Waals surface area contributed by atoms with Gasteiger partial charge in [0.05, 0.1) is 4.90 Å². The lowest BCUT2D eigenvalue weighted by Gasteiger charge is -2.08. The van der Waals surface area contributed by atoms with Crippen molar-refractivity contribution in [3.05, 3.63) is 33.9 Å². The third-order valence-electron chi connectivity index (χ3n) is 2.81. The van der Waals surface area contributed by atoms with Gasteiger partial charge in [-0.25, -0.2) is 23.1 Å². The van der Waals surface area contributed by atoms with Crippen LogP contribution in [0, 0.1) is 20.8 Å². The molecule has 0 aliphatic heterocycles. The van der Waals surface area contributed by atoms with E-state index in [0.717, 1.165) is 15.4 Å². The van der Waals surface area contributed by atoms with E-state index in [1.165, 1.54) is 17.7 Å². The molecule has 2 aromatic rings. The van der Waals surface area contributed by atoms with Crippen molar-refractivity contribution in [1.82, 2.24) is 14.7 Å². The summed E-state index contributed by atoms with van der Waals surface area (Å²) in [5.74, 6) is 0.684. The van der Waals surface area contributed by atoms with E-state index in [1.807, 2.05) is 20.8 Å². The molecule has 0 aromatic carbocycles. The predicted octanol–water partition coefficient (Wildman–Crippen LogP) is 1.85. The number of rotatable bonds is 6. The highest BCUT2D eigenvalue weighted by atomic mass is 32.2. The zero-order chi connectivity index (χ0) is 15.5. The maximum Gasteiger partial charge on any atom is 0.241 e. The van der Waals surface area contributed by atoms with Crippen molar-refractivity contribution < 1.29 is 8.42 Å². The fraction of sp³-hybridized carbons (Fsp3) is 0.385. The Kier molecular flexibility index (Phi) is 4.92. The molecule has 0 unspecified atom stereocenters. The maximum absolute atomic E-state index is 12.2. The minimum absolute atomic E-state index is 0.291. The van der Waals surface area contributed by atoms with Crippen LogP contribution >= 0.6 is 11.3 Å². The lowest BCUT2D eigenvalue weighted by Crippen LogP contribution is -2.29. The Labute approximate surface area is 128 Å². The van der Waals surface area contributed by atoms with Crippen LogP contribution in [-0.4, -0.2) is 31.5 Å². The monoisotopic (exact) mass is 326 g/mol. The molecule has 0 atom stereocenters. The SMILES string of the molecule is Cc1cc(NCCNS(=O)(=O)c2cc(C)sc2C)ncn1. The number of thiophene rings is 1. The summed E-state index contributed by atoms with van der Waals surface area (Å²) in [6.45, 7) is 6.33. The van der Waals surface area contributed by atoms with E-state index in [4.69, 9.17) is 0 Å². The van der Waals surface area contributed by atoms with Crippen molar-refractivity contribution >= 4 is 27.2 Å². The molecule has 6 nitrogen and oxygen atoms in total. The highest BCUT2D eigenvalue weighted by Crippen LogP contribution is 2.24. The molecule has 0 aliphatic carbocycles. The van der Waals surface area contributed by atoms with Gasteiger partial charge in [-0.05, 0) is 26.8 Å². The van der Waals surface area contributed by atoms with Crippen molar-refractivity contribution in [3.8, 4) is 0 Å². The second-order valence-corrected chi connectivity index (χ2v) is 7.84. The van der Waals surface area contributed by atoms with Crippen molar-refractivity contribution in [2.45, 2.75) is 25.7 Å². The summed E-state index contributed by atoms with van der Waals surface area (Å²) in [6.07, 6.45) is 1.47. The first-order valence-corrected chi connectivity index (χ1v) is 8.77. The van der Waals surface area contributed by atoms with Crippen molar-refractivity contribution in [3.63, 3.8) is 0 Å². The van der Waals surface area contributed by atoms with Crippen LogP contribution < -0.4 is 10.0 Å². The minimum Gasteiger partial charge on any atom is -0.369 e. The van der Waals surface area contributed by atoms with Crippen LogP contribution in [0.25, 0.3) is 0 Å². The van der Waals surface area contributed by atoms with Crippen LogP contribution in [0.1, 0.15) is 15.4 Å². The second kappa shape index (κ2) is 6.50. The molecule has 8 heteroatoms. The molecule has 0 fully saturated rings. The molecule has 2 N–H and O–H groups in total. The Morgan fingerprint density at radius 2 is 1.90 bits per heavy atom. The van der Waals surface area contributed by atoms with Crippen LogP contribution in [0.15, 0.2) is 23.4 Å². The smallest absolute Gasteiger partial charge is 0.241 e. The zero-order valence-corrected chi connectivity index (χ0v) is 13.8. The van der Waals surface area contributed by atoms with Gasteiger partial charge in [0.2, 0.25) is 10.0 Å². The average Bonchev–Trinajstić information content (AvgIpc) is 2.75. The molecule has 0 aliphatic rings. The minimum atomic E-state index is -3.45. The third kappa shape index (κ3) is 4.23. The van der Waals surface area contributed by atoms with E-state index in [-0.39, 0.29) is 0 Å². The molecule has 0 saturated heterocycles. The van der Waals surface area contributed by atoms with E-state index in [0.29, 0.717) is 23.8 Å². The first-order valence-electron chi connectivity index (χ1n) is 6.48. The van der Waals surface area contributed by atoms with Gasteiger partial charge in [-0.2, -0.15) is 0 Å². The molecular weight excluding hydrogens is 308 g/mol. The quantitative estimate of drug-likeness (QED) is 0.792. The lowest BCUT2D eigenvalue weighted by molar-refractivity contribution is 0.582. The number of nitrogens with zero attached hydrogens (tertiary/aromatic N) is 2. The molecule has 114 valence electrons. The molecule has 0 spiro atoms. The van der Waals surface area contributed by atoms with Crippen LogP contribution in [0.4, 0.5) is 5.82 Å². The molecule has 2 heterocycles. The van der Waals surface area contributed by atoms with Crippen molar-refractivity contribution in [2.24, 2.45) is 0 Å². The Morgan fingerprint density at radius 1 is 1.14 bits per heavy atom. The molecule has 0 saturated carbocycles. The van der Waals surface area contributed by atoms with Gasteiger partial charge in [-0.15, -0.1) is 11.3 Å². The van der Waals surface area contributed by atoms with Crippen LogP contribution in [0.3, 0.4) is 0 Å². The highest BCUT2D eigenvalue weighted by molar-refractivity contribution is 7.89. The first-order chi connectivity index (χ1) is 9.88. The summed E-state index contributed by atoms with van der Waals surface area (Å²) in [4.78, 5) is 10.2. The summed E-state index contributed by atoms with van der Waals surface area (Å²) >= 11 is 1.48. The summed E-state index contributed by atoms with van der Waals surface area (Å²) in [7, 11) is -3.45. The van der Waals surface area contributed by atoms with Crippen LogP contribution in [0.2, 0.25) is 0 Å². The molecule has 2 rings (SSSR count). The Balaban J connectivity index is 1.89. The second-order valence-electron chi connectivity index (χ2n) is 4.65. The number of anilines is 1. The predicted molar refractivity (Wildman–Crippen MR) is 84.2 cm³/mol. The molecule has 0 amide bonds. The molecular formula is C13H18N4O2S2. The van der Waals surface area contributed by atoms with E-state index >= 15 is 0 Å². The standard InChI is InChI=1S/C13H18N4O2S2/c1-9-6-13(16-8-15-9)14-4-5-17-21(18,19)12-7-10(2)20-11(12)3/h6-8,17H,4-5H2,1-3H3,(H,14,15,16). The Hall–Kier alpha value is -1.51. The summed E-state index contributed by atoms with van der Waals surface area (Å²) in [5, 5.41) is 3.05. The Bertz CT molecular complexity index is 726. The van der Waals surface area contributed by atoms with Gasteiger partial charge in [0.1, 0.15) is 12.1 Å². The fourth-order valence-electron chi connectivity index (χ4n) is 1.88. The van der Waals surface area contributed by atoms with Gasteiger partial charge in [-0.1, -0.05) is 0 Å². The van der Waals surface area contributed by atoms with E-state index in [2.05, 4.69) is 20.0 Å². The van der Waals surface area contributed by atoms with Crippen LogP contribution in [0.5, 0.6) is 0 Å². The van der Waals surface area contributed by atoms with Gasteiger partial charge in [0.15, 0.2) is 0 Å². The number of sulfonamides is 1. The van der Waals surface area contributed by atoms with Gasteiger partial charge >= 0.3 is 0 Å². The molecule has 0 radical (unpaired) electrons. The average molecular weight is 326 g/mol. The van der Waals surface area contributed by atoms with Crippen LogP contribution in [-0.2, 0) is 10.0 Å². The number of hydrogen-bond acceptors (Lipinski definition) is 6. The zero-order valence-electron chi connectivity index (χ0n) is 12.2.